The molecule has 0 saturated heterocycles. The molecule has 1 aromatic carbocycles. The van der Waals surface area contributed by atoms with E-state index in [0.29, 0.717) is 5.56 Å². The van der Waals surface area contributed by atoms with Gasteiger partial charge in [-0.1, -0.05) is 23.8 Å². The first kappa shape index (κ1) is 16.7. The van der Waals surface area contributed by atoms with E-state index in [1.807, 2.05) is 0 Å². The molecule has 110 valence electrons. The number of nitrogens with two attached hydrogens (primary N) is 1. The van der Waals surface area contributed by atoms with Crippen molar-refractivity contribution in [1.82, 2.24) is 0 Å². The Bertz CT molecular complexity index is 523. The van der Waals surface area contributed by atoms with Crippen molar-refractivity contribution in [2.24, 2.45) is 5.73 Å². The van der Waals surface area contributed by atoms with Gasteiger partial charge in [0, 0.05) is 5.56 Å². The van der Waals surface area contributed by atoms with Gasteiger partial charge in [0.15, 0.2) is 0 Å². The van der Waals surface area contributed by atoms with E-state index >= 15 is 0 Å². The van der Waals surface area contributed by atoms with Crippen molar-refractivity contribution in [2.75, 3.05) is 18.5 Å². The summed E-state index contributed by atoms with van der Waals surface area (Å²) in [7, 11) is 0. The molecule has 0 spiro atoms. The number of hydrogen-bond donors (Lipinski definition) is 2. The molecule has 1 amide bonds. The minimum absolute atomic E-state index is 0.137. The number of halogens is 4. The van der Waals surface area contributed by atoms with Crippen molar-refractivity contribution in [3.63, 3.8) is 0 Å². The van der Waals surface area contributed by atoms with Gasteiger partial charge < -0.3 is 15.8 Å². The fraction of sp³-hybridized carbons (Fsp3) is 0.273. The van der Waals surface area contributed by atoms with E-state index in [0.717, 1.165) is 0 Å². The Kier molecular flexibility index (Phi) is 5.73. The maximum atomic E-state index is 11.8. The molecule has 0 aliphatic rings. The number of rotatable bonds is 5. The summed E-state index contributed by atoms with van der Waals surface area (Å²) in [5.74, 6) is -0.751. The van der Waals surface area contributed by atoms with Crippen molar-refractivity contribution in [2.45, 2.75) is 6.18 Å². The second-order valence-corrected chi connectivity index (χ2v) is 4.56. The van der Waals surface area contributed by atoms with Crippen LogP contribution in [0.25, 0.3) is 0 Å². The average Bonchev–Trinajstić information content (AvgIpc) is 2.29. The first-order valence-electron chi connectivity index (χ1n) is 5.23. The predicted octanol–water partition coefficient (Wildman–Crippen LogP) is 2.49. The lowest BCUT2D eigenvalue weighted by Gasteiger charge is -2.10. The summed E-state index contributed by atoms with van der Waals surface area (Å²) in [6.45, 7) is -2.22. The molecule has 3 N–H and O–H groups in total. The molecular weight excluding hydrogens is 317 g/mol. The Labute approximate surface area is 123 Å². The van der Waals surface area contributed by atoms with Crippen LogP contribution in [0.3, 0.4) is 0 Å². The number of anilines is 1. The molecule has 0 aliphatic carbocycles. The summed E-state index contributed by atoms with van der Waals surface area (Å²) >= 11 is 10.6. The van der Waals surface area contributed by atoms with Crippen LogP contribution in [-0.4, -0.2) is 30.3 Å². The van der Waals surface area contributed by atoms with Crippen LogP contribution in [0.2, 0.25) is 5.02 Å². The molecule has 0 bridgehead atoms. The Morgan fingerprint density at radius 2 is 2.10 bits per heavy atom. The average molecular weight is 327 g/mol. The van der Waals surface area contributed by atoms with Crippen LogP contribution in [0, 0.1) is 0 Å². The van der Waals surface area contributed by atoms with Gasteiger partial charge in [-0.05, 0) is 18.2 Å². The van der Waals surface area contributed by atoms with Crippen molar-refractivity contribution >= 4 is 40.4 Å². The number of alkyl halides is 3. The number of hydrogen-bond acceptors (Lipinski definition) is 3. The van der Waals surface area contributed by atoms with Gasteiger partial charge in [0.25, 0.3) is 0 Å². The van der Waals surface area contributed by atoms with E-state index in [2.05, 4.69) is 10.1 Å². The molecule has 1 rings (SSSR count). The standard InChI is InChI=1S/C11H10ClF3N2O2S/c12-7-3-6(10(16)20)1-2-8(7)17-9(18)4-19-5-11(13,14)15/h1-3H,4-5H2,(H2,16,20)(H,17,18). The van der Waals surface area contributed by atoms with E-state index in [1.54, 1.807) is 0 Å². The molecule has 0 heterocycles. The van der Waals surface area contributed by atoms with E-state index in [-0.39, 0.29) is 15.7 Å². The van der Waals surface area contributed by atoms with Gasteiger partial charge in [-0.25, -0.2) is 0 Å². The van der Waals surface area contributed by atoms with Crippen LogP contribution in [-0.2, 0) is 9.53 Å². The molecular formula is C11H10ClF3N2O2S. The molecule has 0 saturated carbocycles. The van der Waals surface area contributed by atoms with Crippen molar-refractivity contribution in [3.8, 4) is 0 Å². The predicted molar refractivity (Wildman–Crippen MR) is 72.8 cm³/mol. The van der Waals surface area contributed by atoms with E-state index in [4.69, 9.17) is 29.6 Å². The fourth-order valence-electron chi connectivity index (χ4n) is 1.22. The maximum absolute atomic E-state index is 11.8. The summed E-state index contributed by atoms with van der Waals surface area (Å²) in [6, 6.07) is 4.41. The minimum atomic E-state index is -4.48. The number of carbonyl (C=O) groups excluding carboxylic acids is 1. The maximum Gasteiger partial charge on any atom is 0.411 e. The summed E-state index contributed by atoms with van der Waals surface area (Å²) in [5, 5.41) is 2.48. The third kappa shape index (κ3) is 5.72. The fourth-order valence-corrected chi connectivity index (χ4v) is 1.57. The van der Waals surface area contributed by atoms with Crippen LogP contribution in [0.4, 0.5) is 18.9 Å². The van der Waals surface area contributed by atoms with Gasteiger partial charge >= 0.3 is 6.18 Å². The van der Waals surface area contributed by atoms with Crippen molar-refractivity contribution in [1.29, 1.82) is 0 Å². The molecule has 20 heavy (non-hydrogen) atoms. The quantitative estimate of drug-likeness (QED) is 0.816. The Balaban J connectivity index is 2.56. The highest BCUT2D eigenvalue weighted by atomic mass is 35.5. The first-order valence-corrected chi connectivity index (χ1v) is 6.01. The number of thiocarbonyl (C=S) groups is 1. The van der Waals surface area contributed by atoms with E-state index in [1.165, 1.54) is 18.2 Å². The molecule has 0 aromatic heterocycles. The number of benzene rings is 1. The number of amides is 1. The zero-order chi connectivity index (χ0) is 15.3. The van der Waals surface area contributed by atoms with Gasteiger partial charge in [-0.15, -0.1) is 0 Å². The van der Waals surface area contributed by atoms with Crippen LogP contribution in [0.15, 0.2) is 18.2 Å². The molecule has 4 nitrogen and oxygen atoms in total. The Morgan fingerprint density at radius 1 is 1.45 bits per heavy atom. The highest BCUT2D eigenvalue weighted by Crippen LogP contribution is 2.23. The monoisotopic (exact) mass is 326 g/mol. The van der Waals surface area contributed by atoms with Crippen molar-refractivity contribution in [3.05, 3.63) is 28.8 Å². The second kappa shape index (κ2) is 6.87. The number of nitrogens with one attached hydrogen (secondary N) is 1. The van der Waals surface area contributed by atoms with Crippen molar-refractivity contribution < 1.29 is 22.7 Å². The molecule has 0 atom stereocenters. The lowest BCUT2D eigenvalue weighted by Crippen LogP contribution is -2.24. The molecule has 0 fully saturated rings. The molecule has 0 aliphatic heterocycles. The lowest BCUT2D eigenvalue weighted by atomic mass is 10.2. The SMILES string of the molecule is NC(=S)c1ccc(NC(=O)COCC(F)(F)F)c(Cl)c1. The number of carbonyl (C=O) groups is 1. The van der Waals surface area contributed by atoms with Crippen LogP contribution >= 0.6 is 23.8 Å². The molecule has 0 radical (unpaired) electrons. The smallest absolute Gasteiger partial charge is 0.389 e. The zero-order valence-electron chi connectivity index (χ0n) is 9.96. The summed E-state index contributed by atoms with van der Waals surface area (Å²) in [4.78, 5) is 11.5. The highest BCUT2D eigenvalue weighted by molar-refractivity contribution is 7.80. The van der Waals surface area contributed by atoms with Crippen LogP contribution in [0.5, 0.6) is 0 Å². The topological polar surface area (TPSA) is 64.3 Å². The van der Waals surface area contributed by atoms with E-state index < -0.39 is 25.3 Å². The molecule has 0 unspecified atom stereocenters. The number of ether oxygens (including phenoxy) is 1. The van der Waals surface area contributed by atoms with Crippen LogP contribution < -0.4 is 11.1 Å². The zero-order valence-corrected chi connectivity index (χ0v) is 11.5. The Morgan fingerprint density at radius 3 is 2.60 bits per heavy atom. The van der Waals surface area contributed by atoms with E-state index in [9.17, 15) is 18.0 Å². The normalized spacial score (nSPS) is 11.2. The van der Waals surface area contributed by atoms with Gasteiger partial charge in [0.1, 0.15) is 18.2 Å². The molecule has 9 heteroatoms. The third-order valence-electron chi connectivity index (χ3n) is 2.03. The lowest BCUT2D eigenvalue weighted by molar-refractivity contribution is -0.174. The minimum Gasteiger partial charge on any atom is -0.389 e. The van der Waals surface area contributed by atoms with Gasteiger partial charge in [-0.2, -0.15) is 13.2 Å². The van der Waals surface area contributed by atoms with Gasteiger partial charge in [0.05, 0.1) is 10.7 Å². The van der Waals surface area contributed by atoms with Crippen LogP contribution in [0.1, 0.15) is 5.56 Å². The first-order chi connectivity index (χ1) is 9.19. The van der Waals surface area contributed by atoms with Gasteiger partial charge in [0.2, 0.25) is 5.91 Å². The third-order valence-corrected chi connectivity index (χ3v) is 2.57. The second-order valence-electron chi connectivity index (χ2n) is 3.72. The van der Waals surface area contributed by atoms with Gasteiger partial charge in [-0.3, -0.25) is 4.79 Å². The Hall–Kier alpha value is -1.38. The molecule has 1 aromatic rings. The highest BCUT2D eigenvalue weighted by Gasteiger charge is 2.27. The summed E-state index contributed by atoms with van der Waals surface area (Å²) in [5.41, 5.74) is 6.14. The summed E-state index contributed by atoms with van der Waals surface area (Å²) in [6.07, 6.45) is -4.48. The largest absolute Gasteiger partial charge is 0.411 e. The summed E-state index contributed by atoms with van der Waals surface area (Å²) < 4.78 is 39.7.